The quantitative estimate of drug-likeness (QED) is 0.668. The van der Waals surface area contributed by atoms with Gasteiger partial charge in [-0.2, -0.15) is 0 Å². The number of para-hydroxylation sites is 1. The lowest BCUT2D eigenvalue weighted by molar-refractivity contribution is -0.121. The Kier molecular flexibility index (Phi) is 5.70. The molecule has 0 aliphatic carbocycles. The average molecular weight is 400 g/mol. The van der Waals surface area contributed by atoms with Crippen LogP contribution in [0.15, 0.2) is 58.1 Å². The number of halogens is 1. The van der Waals surface area contributed by atoms with Crippen molar-refractivity contribution < 1.29 is 4.79 Å². The normalized spacial score (nSPS) is 11.5. The van der Waals surface area contributed by atoms with Crippen LogP contribution in [0.1, 0.15) is 25.8 Å². The summed E-state index contributed by atoms with van der Waals surface area (Å²) in [5.41, 5.74) is 0.386. The van der Waals surface area contributed by atoms with Crippen molar-refractivity contribution in [3.63, 3.8) is 0 Å². The van der Waals surface area contributed by atoms with Gasteiger partial charge in [-0.05, 0) is 29.8 Å². The summed E-state index contributed by atoms with van der Waals surface area (Å²) in [6, 6.07) is 14.4. The number of benzene rings is 2. The van der Waals surface area contributed by atoms with E-state index in [0.717, 1.165) is 5.56 Å². The third-order valence-electron chi connectivity index (χ3n) is 4.82. The van der Waals surface area contributed by atoms with Crippen molar-refractivity contribution in [1.82, 2.24) is 14.9 Å². The summed E-state index contributed by atoms with van der Waals surface area (Å²) < 4.78 is 1.42. The Hall–Kier alpha value is -2.86. The second-order valence-electron chi connectivity index (χ2n) is 7.35. The van der Waals surface area contributed by atoms with E-state index in [1.165, 1.54) is 4.57 Å². The molecule has 0 aliphatic heterocycles. The van der Waals surface area contributed by atoms with Crippen molar-refractivity contribution in [2.45, 2.75) is 32.2 Å². The summed E-state index contributed by atoms with van der Waals surface area (Å²) in [6.07, 6.45) is 0.132. The lowest BCUT2D eigenvalue weighted by atomic mass is 9.84. The molecule has 0 saturated carbocycles. The molecule has 0 aliphatic rings. The number of carbonyl (C=O) groups is 1. The topological polar surface area (TPSA) is 84.0 Å². The van der Waals surface area contributed by atoms with Gasteiger partial charge in [-0.25, -0.2) is 4.79 Å². The smallest absolute Gasteiger partial charge is 0.328 e. The first kappa shape index (κ1) is 19.9. The van der Waals surface area contributed by atoms with Gasteiger partial charge in [-0.15, -0.1) is 0 Å². The lowest BCUT2D eigenvalue weighted by Gasteiger charge is -2.25. The van der Waals surface area contributed by atoms with Crippen molar-refractivity contribution in [2.75, 3.05) is 6.54 Å². The van der Waals surface area contributed by atoms with E-state index in [1.807, 2.05) is 38.1 Å². The van der Waals surface area contributed by atoms with Crippen LogP contribution in [0.5, 0.6) is 0 Å². The summed E-state index contributed by atoms with van der Waals surface area (Å²) in [6.45, 7) is 4.71. The molecule has 28 heavy (non-hydrogen) atoms. The first-order valence-corrected chi connectivity index (χ1v) is 9.40. The monoisotopic (exact) mass is 399 g/mol. The van der Waals surface area contributed by atoms with Gasteiger partial charge in [0.05, 0.1) is 10.9 Å². The number of fused-ring (bicyclic) bond motifs is 1. The highest BCUT2D eigenvalue weighted by atomic mass is 35.5. The van der Waals surface area contributed by atoms with E-state index in [2.05, 4.69) is 10.3 Å². The highest BCUT2D eigenvalue weighted by Crippen LogP contribution is 2.23. The van der Waals surface area contributed by atoms with Gasteiger partial charge in [0.1, 0.15) is 0 Å². The molecule has 7 heteroatoms. The van der Waals surface area contributed by atoms with Crippen LogP contribution in [0.4, 0.5) is 0 Å². The SMILES string of the molecule is CC(C)(CNC(=O)CCn1c(=O)[nH]c(=O)c2ccccc21)c1ccc(Cl)cc1. The molecule has 2 N–H and O–H groups in total. The number of hydrogen-bond donors (Lipinski definition) is 2. The van der Waals surface area contributed by atoms with E-state index >= 15 is 0 Å². The summed E-state index contributed by atoms with van der Waals surface area (Å²) in [5.74, 6) is -0.163. The molecule has 3 rings (SSSR count). The van der Waals surface area contributed by atoms with Gasteiger partial charge in [0, 0.05) is 29.9 Å². The first-order valence-electron chi connectivity index (χ1n) is 9.02. The van der Waals surface area contributed by atoms with Crippen LogP contribution >= 0.6 is 11.6 Å². The second kappa shape index (κ2) is 8.02. The Morgan fingerprint density at radius 2 is 1.79 bits per heavy atom. The van der Waals surface area contributed by atoms with Gasteiger partial charge in [0.2, 0.25) is 5.91 Å². The molecule has 2 aromatic carbocycles. The van der Waals surface area contributed by atoms with Crippen LogP contribution in [-0.4, -0.2) is 22.0 Å². The average Bonchev–Trinajstić information content (AvgIpc) is 2.66. The molecule has 0 unspecified atom stereocenters. The van der Waals surface area contributed by atoms with Gasteiger partial charge in [-0.3, -0.25) is 19.1 Å². The fourth-order valence-corrected chi connectivity index (χ4v) is 3.21. The zero-order valence-electron chi connectivity index (χ0n) is 15.8. The molecule has 1 heterocycles. The van der Waals surface area contributed by atoms with E-state index in [9.17, 15) is 14.4 Å². The van der Waals surface area contributed by atoms with Crippen LogP contribution in [0, 0.1) is 0 Å². The number of nitrogens with zero attached hydrogens (tertiary/aromatic N) is 1. The predicted molar refractivity (Wildman–Crippen MR) is 111 cm³/mol. The molecule has 0 radical (unpaired) electrons. The number of rotatable bonds is 6. The standard InChI is InChI=1S/C21H22ClN3O3/c1-21(2,14-7-9-15(22)10-8-14)13-23-18(26)11-12-25-17-6-4-3-5-16(17)19(27)24-20(25)28/h3-10H,11-13H2,1-2H3,(H,23,26)(H,24,27,28). The number of aromatic nitrogens is 2. The van der Waals surface area contributed by atoms with Gasteiger partial charge in [0.25, 0.3) is 5.56 Å². The number of carbonyl (C=O) groups excluding carboxylic acids is 1. The fraction of sp³-hybridized carbons (Fsp3) is 0.286. The zero-order valence-corrected chi connectivity index (χ0v) is 16.5. The minimum absolute atomic E-state index is 0.132. The van der Waals surface area contributed by atoms with Crippen LogP contribution in [0.25, 0.3) is 10.9 Å². The predicted octanol–water partition coefficient (Wildman–Crippen LogP) is 2.83. The molecule has 6 nitrogen and oxygen atoms in total. The van der Waals surface area contributed by atoms with E-state index in [1.54, 1.807) is 24.3 Å². The maximum atomic E-state index is 12.3. The van der Waals surface area contributed by atoms with Crippen molar-refractivity contribution in [1.29, 1.82) is 0 Å². The van der Waals surface area contributed by atoms with E-state index in [0.29, 0.717) is 22.5 Å². The molecular formula is C21H22ClN3O3. The Labute approximate surface area is 167 Å². The lowest BCUT2D eigenvalue weighted by Crippen LogP contribution is -2.38. The minimum Gasteiger partial charge on any atom is -0.355 e. The van der Waals surface area contributed by atoms with Crippen LogP contribution in [0.2, 0.25) is 5.02 Å². The molecule has 3 aromatic rings. The van der Waals surface area contributed by atoms with Crippen molar-refractivity contribution >= 4 is 28.4 Å². The fourth-order valence-electron chi connectivity index (χ4n) is 3.09. The number of amides is 1. The van der Waals surface area contributed by atoms with E-state index in [-0.39, 0.29) is 24.3 Å². The summed E-state index contributed by atoms with van der Waals surface area (Å²) >= 11 is 5.93. The van der Waals surface area contributed by atoms with Crippen LogP contribution < -0.4 is 16.6 Å². The number of hydrogen-bond acceptors (Lipinski definition) is 3. The molecular weight excluding hydrogens is 378 g/mol. The number of H-pyrrole nitrogens is 1. The van der Waals surface area contributed by atoms with Crippen LogP contribution in [0.3, 0.4) is 0 Å². The maximum absolute atomic E-state index is 12.3. The Bertz CT molecular complexity index is 1110. The highest BCUT2D eigenvalue weighted by molar-refractivity contribution is 6.30. The third kappa shape index (κ3) is 4.34. The Morgan fingerprint density at radius 3 is 2.50 bits per heavy atom. The Morgan fingerprint density at radius 1 is 1.11 bits per heavy atom. The maximum Gasteiger partial charge on any atom is 0.328 e. The largest absolute Gasteiger partial charge is 0.355 e. The summed E-state index contributed by atoms with van der Waals surface area (Å²) in [7, 11) is 0. The van der Waals surface area contributed by atoms with Gasteiger partial charge in [-0.1, -0.05) is 49.7 Å². The molecule has 0 fully saturated rings. The number of aryl methyl sites for hydroxylation is 1. The van der Waals surface area contributed by atoms with Crippen LogP contribution in [-0.2, 0) is 16.8 Å². The van der Waals surface area contributed by atoms with Gasteiger partial charge >= 0.3 is 5.69 Å². The molecule has 0 saturated heterocycles. The molecule has 146 valence electrons. The first-order chi connectivity index (χ1) is 13.3. The van der Waals surface area contributed by atoms with Gasteiger partial charge in [0.15, 0.2) is 0 Å². The number of nitrogens with one attached hydrogen (secondary N) is 2. The van der Waals surface area contributed by atoms with Gasteiger partial charge < -0.3 is 5.32 Å². The molecule has 1 aromatic heterocycles. The van der Waals surface area contributed by atoms with E-state index < -0.39 is 11.2 Å². The Balaban J connectivity index is 1.67. The highest BCUT2D eigenvalue weighted by Gasteiger charge is 2.21. The molecule has 0 spiro atoms. The minimum atomic E-state index is -0.516. The number of aromatic amines is 1. The second-order valence-corrected chi connectivity index (χ2v) is 7.78. The summed E-state index contributed by atoms with van der Waals surface area (Å²) in [5, 5.41) is 4.02. The van der Waals surface area contributed by atoms with Crippen molar-refractivity contribution in [3.05, 3.63) is 80.0 Å². The molecule has 1 amide bonds. The van der Waals surface area contributed by atoms with E-state index in [4.69, 9.17) is 11.6 Å². The van der Waals surface area contributed by atoms with Crippen molar-refractivity contribution in [3.8, 4) is 0 Å². The van der Waals surface area contributed by atoms with Crippen molar-refractivity contribution in [2.24, 2.45) is 0 Å². The third-order valence-corrected chi connectivity index (χ3v) is 5.07. The zero-order chi connectivity index (χ0) is 20.3. The molecule has 0 bridgehead atoms. The molecule has 0 atom stereocenters. The summed E-state index contributed by atoms with van der Waals surface area (Å²) in [4.78, 5) is 38.7.